The van der Waals surface area contributed by atoms with E-state index in [0.29, 0.717) is 24.2 Å². The van der Waals surface area contributed by atoms with E-state index in [1.807, 2.05) is 18.2 Å². The quantitative estimate of drug-likeness (QED) is 0.466. The van der Waals surface area contributed by atoms with Crippen molar-refractivity contribution in [3.05, 3.63) is 77.5 Å². The van der Waals surface area contributed by atoms with Gasteiger partial charge in [-0.15, -0.1) is 0 Å². The molecular weight excluding hydrogens is 404 g/mol. The first-order valence-electron chi connectivity index (χ1n) is 9.92. The van der Waals surface area contributed by atoms with Crippen LogP contribution in [0, 0.1) is 17.6 Å². The van der Waals surface area contributed by atoms with Crippen LogP contribution in [0.1, 0.15) is 28.8 Å². The molecule has 0 atom stereocenters. The van der Waals surface area contributed by atoms with Crippen LogP contribution in [0.15, 0.2) is 54.7 Å². The summed E-state index contributed by atoms with van der Waals surface area (Å²) in [6.07, 6.45) is 4.16. The summed E-state index contributed by atoms with van der Waals surface area (Å²) in [5.41, 5.74) is 1.28. The summed E-state index contributed by atoms with van der Waals surface area (Å²) < 4.78 is 44.1. The largest absolute Gasteiger partial charge is 0.489 e. The van der Waals surface area contributed by atoms with E-state index in [0.717, 1.165) is 30.4 Å². The number of methoxy groups -OCH3 is 1. The number of esters is 1. The molecule has 160 valence electrons. The minimum Gasteiger partial charge on any atom is -0.489 e. The van der Waals surface area contributed by atoms with Crippen molar-refractivity contribution in [1.82, 2.24) is 4.98 Å². The maximum Gasteiger partial charge on any atom is 0.340 e. The van der Waals surface area contributed by atoms with Crippen molar-refractivity contribution in [2.75, 3.05) is 13.7 Å². The fourth-order valence-electron chi connectivity index (χ4n) is 3.02. The molecular formula is C24H21F2NO4. The summed E-state index contributed by atoms with van der Waals surface area (Å²) in [6.45, 7) is 0.507. The Morgan fingerprint density at radius 3 is 2.58 bits per heavy atom. The summed E-state index contributed by atoms with van der Waals surface area (Å²) in [6, 6.07) is 12.7. The van der Waals surface area contributed by atoms with Crippen molar-refractivity contribution in [3.63, 3.8) is 0 Å². The highest BCUT2D eigenvalue weighted by Gasteiger charge is 2.22. The highest BCUT2D eigenvalue weighted by Crippen LogP contribution is 2.30. The van der Waals surface area contributed by atoms with E-state index >= 15 is 0 Å². The molecule has 5 nitrogen and oxygen atoms in total. The van der Waals surface area contributed by atoms with E-state index in [9.17, 15) is 13.6 Å². The number of halogens is 2. The SMILES string of the molecule is COC(=O)c1cc(F)c(COc2cccc(-c3ccc(OCC4CC4)nc3)c2)cc1F. The third kappa shape index (κ3) is 5.17. The topological polar surface area (TPSA) is 57.7 Å². The molecule has 0 unspecified atom stereocenters. The highest BCUT2D eigenvalue weighted by molar-refractivity contribution is 5.89. The van der Waals surface area contributed by atoms with Crippen molar-refractivity contribution in [1.29, 1.82) is 0 Å². The molecule has 0 bridgehead atoms. The van der Waals surface area contributed by atoms with E-state index in [4.69, 9.17) is 9.47 Å². The lowest BCUT2D eigenvalue weighted by Gasteiger charge is -2.11. The van der Waals surface area contributed by atoms with Crippen molar-refractivity contribution in [3.8, 4) is 22.8 Å². The van der Waals surface area contributed by atoms with Gasteiger partial charge in [0, 0.05) is 23.4 Å². The molecule has 1 aliphatic rings. The van der Waals surface area contributed by atoms with Gasteiger partial charge in [0.15, 0.2) is 0 Å². The van der Waals surface area contributed by atoms with Gasteiger partial charge in [0.1, 0.15) is 24.0 Å². The normalized spacial score (nSPS) is 13.0. The van der Waals surface area contributed by atoms with Crippen molar-refractivity contribution in [2.45, 2.75) is 19.4 Å². The molecule has 3 aromatic rings. The first kappa shape index (κ1) is 20.8. The summed E-state index contributed by atoms with van der Waals surface area (Å²) in [5, 5.41) is 0. The van der Waals surface area contributed by atoms with Crippen LogP contribution in [-0.2, 0) is 11.3 Å². The zero-order chi connectivity index (χ0) is 21.8. The second kappa shape index (κ2) is 9.12. The number of aromatic nitrogens is 1. The number of hydrogen-bond acceptors (Lipinski definition) is 5. The highest BCUT2D eigenvalue weighted by atomic mass is 19.1. The molecule has 1 heterocycles. The molecule has 1 aromatic heterocycles. The molecule has 0 saturated heterocycles. The minimum atomic E-state index is -0.936. The molecule has 7 heteroatoms. The molecule has 0 spiro atoms. The Morgan fingerprint density at radius 2 is 1.87 bits per heavy atom. The van der Waals surface area contributed by atoms with Crippen LogP contribution in [0.4, 0.5) is 8.78 Å². The fraction of sp³-hybridized carbons (Fsp3) is 0.250. The number of carbonyl (C=O) groups excluding carboxylic acids is 1. The number of hydrogen-bond donors (Lipinski definition) is 0. The maximum absolute atomic E-state index is 14.3. The number of rotatable bonds is 8. The fourth-order valence-corrected chi connectivity index (χ4v) is 3.02. The van der Waals surface area contributed by atoms with Gasteiger partial charge in [0.05, 0.1) is 19.3 Å². The lowest BCUT2D eigenvalue weighted by atomic mass is 10.1. The van der Waals surface area contributed by atoms with Crippen LogP contribution >= 0.6 is 0 Å². The van der Waals surface area contributed by atoms with Gasteiger partial charge in [-0.2, -0.15) is 0 Å². The molecule has 1 aliphatic carbocycles. The monoisotopic (exact) mass is 425 g/mol. The van der Waals surface area contributed by atoms with Gasteiger partial charge in [-0.3, -0.25) is 0 Å². The zero-order valence-electron chi connectivity index (χ0n) is 16.9. The summed E-state index contributed by atoms with van der Waals surface area (Å²) in [7, 11) is 1.11. The van der Waals surface area contributed by atoms with Crippen LogP contribution in [-0.4, -0.2) is 24.7 Å². The Labute approximate surface area is 178 Å². The van der Waals surface area contributed by atoms with E-state index in [2.05, 4.69) is 9.72 Å². The molecule has 31 heavy (non-hydrogen) atoms. The first-order valence-corrected chi connectivity index (χ1v) is 9.92. The number of pyridine rings is 1. The maximum atomic E-state index is 14.3. The second-order valence-electron chi connectivity index (χ2n) is 7.37. The smallest absolute Gasteiger partial charge is 0.340 e. The average Bonchev–Trinajstić information content (AvgIpc) is 3.62. The number of carbonyl (C=O) groups is 1. The van der Waals surface area contributed by atoms with Gasteiger partial charge in [-0.25, -0.2) is 18.6 Å². The summed E-state index contributed by atoms with van der Waals surface area (Å²) in [5.74, 6) is -0.807. The third-order valence-electron chi connectivity index (χ3n) is 5.00. The Hall–Kier alpha value is -3.48. The van der Waals surface area contributed by atoms with Crippen molar-refractivity contribution in [2.24, 2.45) is 5.92 Å². The number of ether oxygens (including phenoxy) is 3. The summed E-state index contributed by atoms with van der Waals surface area (Å²) >= 11 is 0. The minimum absolute atomic E-state index is 0.00520. The zero-order valence-corrected chi connectivity index (χ0v) is 16.9. The number of nitrogens with zero attached hydrogens (tertiary/aromatic N) is 1. The Kier molecular flexibility index (Phi) is 6.11. The molecule has 0 aliphatic heterocycles. The van der Waals surface area contributed by atoms with Crippen LogP contribution in [0.5, 0.6) is 11.6 Å². The standard InChI is InChI=1S/C24H21F2NO4/c1-29-24(28)20-11-21(25)18(10-22(20)26)14-30-19-4-2-3-16(9-19)17-7-8-23(27-12-17)31-13-15-5-6-15/h2-4,7-12,15H,5-6,13-14H2,1H3. The number of benzene rings is 2. The molecule has 0 radical (unpaired) electrons. The lowest BCUT2D eigenvalue weighted by Crippen LogP contribution is -2.08. The predicted octanol–water partition coefficient (Wildman–Crippen LogP) is 5.18. The summed E-state index contributed by atoms with van der Waals surface area (Å²) in [4.78, 5) is 15.8. The van der Waals surface area contributed by atoms with Crippen LogP contribution in [0.2, 0.25) is 0 Å². The van der Waals surface area contributed by atoms with Crippen molar-refractivity contribution < 1.29 is 27.8 Å². The van der Waals surface area contributed by atoms with Gasteiger partial charge in [-0.1, -0.05) is 12.1 Å². The lowest BCUT2D eigenvalue weighted by molar-refractivity contribution is 0.0594. The van der Waals surface area contributed by atoms with Gasteiger partial charge >= 0.3 is 5.97 Å². The predicted molar refractivity (Wildman–Crippen MR) is 110 cm³/mol. The van der Waals surface area contributed by atoms with Crippen LogP contribution < -0.4 is 9.47 Å². The molecule has 0 amide bonds. The van der Waals surface area contributed by atoms with Crippen molar-refractivity contribution >= 4 is 5.97 Å². The Morgan fingerprint density at radius 1 is 1.03 bits per heavy atom. The molecule has 0 N–H and O–H groups in total. The van der Waals surface area contributed by atoms with Crippen LogP contribution in [0.25, 0.3) is 11.1 Å². The van der Waals surface area contributed by atoms with E-state index in [1.54, 1.807) is 24.4 Å². The second-order valence-corrected chi connectivity index (χ2v) is 7.37. The first-order chi connectivity index (χ1) is 15.0. The molecule has 1 fully saturated rings. The van der Waals surface area contributed by atoms with Crippen LogP contribution in [0.3, 0.4) is 0 Å². The molecule has 1 saturated carbocycles. The van der Waals surface area contributed by atoms with Gasteiger partial charge < -0.3 is 14.2 Å². The van der Waals surface area contributed by atoms with E-state index in [-0.39, 0.29) is 12.2 Å². The average molecular weight is 425 g/mol. The molecule has 2 aromatic carbocycles. The van der Waals surface area contributed by atoms with E-state index < -0.39 is 23.2 Å². The van der Waals surface area contributed by atoms with Gasteiger partial charge in [0.2, 0.25) is 5.88 Å². The van der Waals surface area contributed by atoms with Gasteiger partial charge in [0.25, 0.3) is 0 Å². The van der Waals surface area contributed by atoms with E-state index in [1.165, 1.54) is 12.8 Å². The Balaban J connectivity index is 1.43. The van der Waals surface area contributed by atoms with Gasteiger partial charge in [-0.05, 0) is 54.7 Å². The third-order valence-corrected chi connectivity index (χ3v) is 5.00. The molecule has 4 rings (SSSR count). The Bertz CT molecular complexity index is 1080.